The van der Waals surface area contributed by atoms with Gasteiger partial charge in [-0.3, -0.25) is 4.79 Å². The van der Waals surface area contributed by atoms with Crippen LogP contribution in [0, 0.1) is 5.92 Å². The van der Waals surface area contributed by atoms with Crippen LogP contribution in [-0.2, 0) is 21.2 Å². The summed E-state index contributed by atoms with van der Waals surface area (Å²) in [5.74, 6) is 1.13. The van der Waals surface area contributed by atoms with E-state index in [4.69, 9.17) is 4.74 Å². The zero-order valence-corrected chi connectivity index (χ0v) is 17.8. The minimum Gasteiger partial charge on any atom is -0.482 e. The maximum absolute atomic E-state index is 11.7. The molecule has 156 valence electrons. The van der Waals surface area contributed by atoms with Crippen LogP contribution in [0.15, 0.2) is 18.2 Å². The molecule has 1 aromatic rings. The lowest BCUT2D eigenvalue weighted by atomic mass is 9.96. The van der Waals surface area contributed by atoms with Crippen LogP contribution in [0.5, 0.6) is 5.75 Å². The standard InChI is InChI=1S/C20H31N3O4S/c1-4-22(13-16-7-9-23(10-8-16)28(3,25)26)15(2)11-17-5-6-19-18(12-17)21-20(24)14-27-19/h5-6,12,15-16H,4,7-11,13-14H2,1-3H3,(H,21,24). The molecular weight excluding hydrogens is 378 g/mol. The van der Waals surface area contributed by atoms with E-state index in [1.807, 2.05) is 12.1 Å². The van der Waals surface area contributed by atoms with E-state index in [0.29, 0.717) is 25.0 Å². The van der Waals surface area contributed by atoms with Crippen molar-refractivity contribution in [3.8, 4) is 5.75 Å². The normalized spacial score (nSPS) is 19.8. The third kappa shape index (κ3) is 5.24. The molecule has 3 rings (SSSR count). The maximum Gasteiger partial charge on any atom is 0.262 e. The van der Waals surface area contributed by atoms with E-state index >= 15 is 0 Å². The number of hydrogen-bond donors (Lipinski definition) is 1. The Labute approximate surface area is 168 Å². The number of benzene rings is 1. The van der Waals surface area contributed by atoms with Gasteiger partial charge in [-0.1, -0.05) is 13.0 Å². The van der Waals surface area contributed by atoms with E-state index in [1.165, 1.54) is 11.8 Å². The van der Waals surface area contributed by atoms with E-state index in [2.05, 4.69) is 30.1 Å². The molecule has 28 heavy (non-hydrogen) atoms. The van der Waals surface area contributed by atoms with Crippen LogP contribution in [0.25, 0.3) is 0 Å². The molecular formula is C20H31N3O4S. The van der Waals surface area contributed by atoms with Crippen molar-refractivity contribution in [1.82, 2.24) is 9.21 Å². The largest absolute Gasteiger partial charge is 0.482 e. The predicted molar refractivity (Wildman–Crippen MR) is 110 cm³/mol. The fourth-order valence-electron chi connectivity index (χ4n) is 4.10. The Bertz CT molecular complexity index is 804. The van der Waals surface area contributed by atoms with E-state index < -0.39 is 10.0 Å². The Kier molecular flexibility index (Phi) is 6.62. The molecule has 1 aromatic carbocycles. The van der Waals surface area contributed by atoms with Gasteiger partial charge in [0.1, 0.15) is 5.75 Å². The third-order valence-corrected chi connectivity index (χ3v) is 7.08. The minimum atomic E-state index is -3.07. The second kappa shape index (κ2) is 8.80. The number of rotatable bonds is 7. The summed E-state index contributed by atoms with van der Waals surface area (Å²) < 4.78 is 30.4. The molecule has 8 heteroatoms. The number of piperidine rings is 1. The Morgan fingerprint density at radius 3 is 2.68 bits per heavy atom. The molecule has 2 aliphatic rings. The van der Waals surface area contributed by atoms with Gasteiger partial charge in [0.15, 0.2) is 6.61 Å². The number of amides is 1. The van der Waals surface area contributed by atoms with E-state index in [9.17, 15) is 13.2 Å². The van der Waals surface area contributed by atoms with Gasteiger partial charge in [-0.15, -0.1) is 0 Å². The van der Waals surface area contributed by atoms with Crippen LogP contribution < -0.4 is 10.1 Å². The average molecular weight is 410 g/mol. The summed E-state index contributed by atoms with van der Waals surface area (Å²) in [6.45, 7) is 7.66. The first-order chi connectivity index (χ1) is 13.3. The van der Waals surface area contributed by atoms with Crippen LogP contribution >= 0.6 is 0 Å². The van der Waals surface area contributed by atoms with E-state index in [1.54, 1.807) is 4.31 Å². The van der Waals surface area contributed by atoms with Crippen LogP contribution in [0.4, 0.5) is 5.69 Å². The Morgan fingerprint density at radius 2 is 2.04 bits per heavy atom. The number of ether oxygens (including phenoxy) is 1. The van der Waals surface area contributed by atoms with Crippen molar-refractivity contribution in [2.45, 2.75) is 39.2 Å². The quantitative estimate of drug-likeness (QED) is 0.745. The molecule has 0 spiro atoms. The molecule has 1 unspecified atom stereocenters. The van der Waals surface area contributed by atoms with E-state index in [0.717, 1.165) is 43.8 Å². The summed E-state index contributed by atoms with van der Waals surface area (Å²) in [7, 11) is -3.07. The van der Waals surface area contributed by atoms with Gasteiger partial charge in [0.05, 0.1) is 11.9 Å². The number of nitrogens with zero attached hydrogens (tertiary/aromatic N) is 2. The number of anilines is 1. The van der Waals surface area contributed by atoms with Gasteiger partial charge in [-0.25, -0.2) is 12.7 Å². The summed E-state index contributed by atoms with van der Waals surface area (Å²) in [4.78, 5) is 14.0. The number of nitrogens with one attached hydrogen (secondary N) is 1. The number of hydrogen-bond acceptors (Lipinski definition) is 5. The first-order valence-corrected chi connectivity index (χ1v) is 11.9. The van der Waals surface area contributed by atoms with Gasteiger partial charge in [0.25, 0.3) is 5.91 Å². The number of sulfonamides is 1. The summed E-state index contributed by atoms with van der Waals surface area (Å²) in [5, 5.41) is 2.87. The van der Waals surface area contributed by atoms with Crippen molar-refractivity contribution in [3.05, 3.63) is 23.8 Å². The molecule has 1 fully saturated rings. The van der Waals surface area contributed by atoms with E-state index in [-0.39, 0.29) is 12.5 Å². The van der Waals surface area contributed by atoms with Crippen LogP contribution in [0.3, 0.4) is 0 Å². The summed E-state index contributed by atoms with van der Waals surface area (Å²) in [6.07, 6.45) is 4.01. The molecule has 2 aliphatic heterocycles. The van der Waals surface area contributed by atoms with Crippen LogP contribution in [-0.4, -0.2) is 68.6 Å². The highest BCUT2D eigenvalue weighted by molar-refractivity contribution is 7.88. The monoisotopic (exact) mass is 409 g/mol. The van der Waals surface area contributed by atoms with Crippen molar-refractivity contribution < 1.29 is 17.9 Å². The molecule has 1 amide bonds. The zero-order valence-electron chi connectivity index (χ0n) is 17.0. The van der Waals surface area contributed by atoms with Crippen molar-refractivity contribution in [2.75, 3.05) is 44.4 Å². The average Bonchev–Trinajstić information content (AvgIpc) is 2.65. The van der Waals surface area contributed by atoms with Gasteiger partial charge in [-0.2, -0.15) is 0 Å². The molecule has 7 nitrogen and oxygen atoms in total. The highest BCUT2D eigenvalue weighted by atomic mass is 32.2. The third-order valence-electron chi connectivity index (χ3n) is 5.77. The molecule has 0 saturated carbocycles. The Morgan fingerprint density at radius 1 is 1.32 bits per heavy atom. The number of fused-ring (bicyclic) bond motifs is 1. The summed E-state index contributed by atoms with van der Waals surface area (Å²) in [5.41, 5.74) is 1.92. The molecule has 0 radical (unpaired) electrons. The van der Waals surface area contributed by atoms with Crippen LogP contribution in [0.2, 0.25) is 0 Å². The molecule has 0 bridgehead atoms. The number of carbonyl (C=O) groups is 1. The highest BCUT2D eigenvalue weighted by Crippen LogP contribution is 2.29. The molecule has 0 aliphatic carbocycles. The lowest BCUT2D eigenvalue weighted by Crippen LogP contribution is -2.43. The second-order valence-corrected chi connectivity index (χ2v) is 9.90. The fraction of sp³-hybridized carbons (Fsp3) is 0.650. The zero-order chi connectivity index (χ0) is 20.3. The first-order valence-electron chi connectivity index (χ1n) is 10.0. The maximum atomic E-state index is 11.7. The van der Waals surface area contributed by atoms with Gasteiger partial charge >= 0.3 is 0 Å². The highest BCUT2D eigenvalue weighted by Gasteiger charge is 2.27. The lowest BCUT2D eigenvalue weighted by molar-refractivity contribution is -0.118. The van der Waals surface area contributed by atoms with Crippen molar-refractivity contribution in [3.63, 3.8) is 0 Å². The second-order valence-electron chi connectivity index (χ2n) is 7.91. The molecule has 1 atom stereocenters. The SMILES string of the molecule is CCN(CC1CCN(S(C)(=O)=O)CC1)C(C)Cc1ccc2c(c1)NC(=O)CO2. The fourth-order valence-corrected chi connectivity index (χ4v) is 4.98. The smallest absolute Gasteiger partial charge is 0.262 e. The Balaban J connectivity index is 1.56. The van der Waals surface area contributed by atoms with Crippen molar-refractivity contribution in [1.29, 1.82) is 0 Å². The number of likely N-dealkylation sites (N-methyl/N-ethyl adjacent to an activating group) is 1. The topological polar surface area (TPSA) is 79.0 Å². The van der Waals surface area contributed by atoms with Gasteiger partial charge in [0.2, 0.25) is 10.0 Å². The van der Waals surface area contributed by atoms with Crippen LogP contribution in [0.1, 0.15) is 32.3 Å². The summed E-state index contributed by atoms with van der Waals surface area (Å²) in [6, 6.07) is 6.34. The van der Waals surface area contributed by atoms with Gasteiger partial charge < -0.3 is 15.0 Å². The molecule has 2 heterocycles. The van der Waals surface area contributed by atoms with Gasteiger partial charge in [-0.05, 0) is 56.3 Å². The van der Waals surface area contributed by atoms with Crippen molar-refractivity contribution >= 4 is 21.6 Å². The van der Waals surface area contributed by atoms with Gasteiger partial charge in [0, 0.05) is 25.7 Å². The number of carbonyl (C=O) groups excluding carboxylic acids is 1. The van der Waals surface area contributed by atoms with Crippen molar-refractivity contribution in [2.24, 2.45) is 5.92 Å². The molecule has 1 N–H and O–H groups in total. The molecule has 1 saturated heterocycles. The summed E-state index contributed by atoms with van der Waals surface area (Å²) >= 11 is 0. The minimum absolute atomic E-state index is 0.0739. The molecule has 0 aromatic heterocycles. The lowest BCUT2D eigenvalue weighted by Gasteiger charge is -2.36. The predicted octanol–water partition coefficient (Wildman–Crippen LogP) is 1.94. The first kappa shape index (κ1) is 21.1. The Hall–Kier alpha value is -1.64.